The predicted molar refractivity (Wildman–Crippen MR) is 73.7 cm³/mol. The van der Waals surface area contributed by atoms with Gasteiger partial charge in [-0.05, 0) is 18.6 Å². The Kier molecular flexibility index (Phi) is 4.06. The molecule has 100 valence electrons. The average molecular weight is 280 g/mol. The van der Waals surface area contributed by atoms with Crippen LogP contribution in [0, 0.1) is 6.92 Å². The van der Waals surface area contributed by atoms with Gasteiger partial charge in [-0.25, -0.2) is 4.98 Å². The Labute approximate surface area is 116 Å². The van der Waals surface area contributed by atoms with Gasteiger partial charge in [-0.1, -0.05) is 11.6 Å². The van der Waals surface area contributed by atoms with E-state index in [9.17, 15) is 4.79 Å². The first kappa shape index (κ1) is 13.4. The molecule has 0 aliphatic rings. The number of aromatic nitrogens is 2. The summed E-state index contributed by atoms with van der Waals surface area (Å²) in [4.78, 5) is 18.6. The highest BCUT2D eigenvalue weighted by atomic mass is 35.5. The third-order valence-corrected chi connectivity index (χ3v) is 3.07. The predicted octanol–water partition coefficient (Wildman–Crippen LogP) is 2.56. The number of imidazole rings is 1. The molecule has 0 fully saturated rings. The molecule has 0 saturated carbocycles. The second kappa shape index (κ2) is 5.75. The van der Waals surface area contributed by atoms with Crippen molar-refractivity contribution in [3.8, 4) is 5.75 Å². The van der Waals surface area contributed by atoms with Crippen LogP contribution in [0.1, 0.15) is 11.3 Å². The van der Waals surface area contributed by atoms with Crippen LogP contribution < -0.4 is 10.1 Å². The van der Waals surface area contributed by atoms with E-state index in [1.165, 1.54) is 13.4 Å². The van der Waals surface area contributed by atoms with E-state index in [2.05, 4.69) is 15.3 Å². The molecule has 0 spiro atoms. The molecule has 1 amide bonds. The van der Waals surface area contributed by atoms with Gasteiger partial charge >= 0.3 is 0 Å². The maximum absolute atomic E-state index is 11.9. The highest BCUT2D eigenvalue weighted by Crippen LogP contribution is 2.30. The van der Waals surface area contributed by atoms with Gasteiger partial charge in [0.25, 0.3) is 0 Å². The molecule has 19 heavy (non-hydrogen) atoms. The molecule has 6 heteroatoms. The Morgan fingerprint density at radius 2 is 2.32 bits per heavy atom. The summed E-state index contributed by atoms with van der Waals surface area (Å²) in [5.74, 6) is 0.387. The van der Waals surface area contributed by atoms with Crippen LogP contribution in [0.25, 0.3) is 0 Å². The van der Waals surface area contributed by atoms with Crippen LogP contribution in [0.2, 0.25) is 5.02 Å². The van der Waals surface area contributed by atoms with E-state index in [4.69, 9.17) is 16.3 Å². The highest BCUT2D eigenvalue weighted by molar-refractivity contribution is 6.31. The van der Waals surface area contributed by atoms with Gasteiger partial charge in [0, 0.05) is 23.0 Å². The molecule has 2 N–H and O–H groups in total. The molecule has 0 aliphatic carbocycles. The number of aryl methyl sites for hydroxylation is 1. The summed E-state index contributed by atoms with van der Waals surface area (Å²) < 4.78 is 5.20. The number of ether oxygens (including phenoxy) is 1. The smallest absolute Gasteiger partial charge is 0.230 e. The lowest BCUT2D eigenvalue weighted by Gasteiger charge is -2.12. The number of H-pyrrole nitrogens is 1. The molecule has 1 aromatic heterocycles. The van der Waals surface area contributed by atoms with Crippen LogP contribution in [0.15, 0.2) is 24.7 Å². The van der Waals surface area contributed by atoms with Gasteiger partial charge in [0.1, 0.15) is 5.75 Å². The van der Waals surface area contributed by atoms with E-state index in [1.807, 2.05) is 6.92 Å². The van der Waals surface area contributed by atoms with Gasteiger partial charge in [0.15, 0.2) is 0 Å². The number of hydrogen-bond donors (Lipinski definition) is 2. The third-order valence-electron chi connectivity index (χ3n) is 2.66. The summed E-state index contributed by atoms with van der Waals surface area (Å²) in [6, 6.07) is 3.47. The zero-order chi connectivity index (χ0) is 13.8. The van der Waals surface area contributed by atoms with Gasteiger partial charge in [-0.15, -0.1) is 0 Å². The molecule has 5 nitrogen and oxygen atoms in total. The third kappa shape index (κ3) is 3.26. The number of benzene rings is 1. The Hall–Kier alpha value is -2.01. The fourth-order valence-electron chi connectivity index (χ4n) is 1.68. The van der Waals surface area contributed by atoms with Gasteiger partial charge < -0.3 is 15.0 Å². The lowest BCUT2D eigenvalue weighted by molar-refractivity contribution is -0.115. The number of anilines is 1. The summed E-state index contributed by atoms with van der Waals surface area (Å²) in [6.07, 6.45) is 3.38. The number of nitrogens with one attached hydrogen (secondary N) is 2. The van der Waals surface area contributed by atoms with Crippen molar-refractivity contribution in [2.75, 3.05) is 12.4 Å². The molecule has 0 radical (unpaired) electrons. The minimum atomic E-state index is -0.149. The molecule has 0 aliphatic heterocycles. The number of methoxy groups -OCH3 is 1. The van der Waals surface area contributed by atoms with E-state index in [0.717, 1.165) is 11.3 Å². The van der Waals surface area contributed by atoms with Crippen molar-refractivity contribution in [2.24, 2.45) is 0 Å². The van der Waals surface area contributed by atoms with Crippen molar-refractivity contribution in [3.63, 3.8) is 0 Å². The summed E-state index contributed by atoms with van der Waals surface area (Å²) in [5.41, 5.74) is 2.23. The molecule has 1 heterocycles. The van der Waals surface area contributed by atoms with Crippen LogP contribution in [-0.4, -0.2) is 23.0 Å². The lowest BCUT2D eigenvalue weighted by Crippen LogP contribution is -2.15. The standard InChI is InChI=1S/C13H14ClN3O2/c1-8-3-11(12(19-2)5-10(8)14)17-13(18)4-9-6-15-7-16-9/h3,5-7H,4H2,1-2H3,(H,15,16)(H,17,18). The Morgan fingerprint density at radius 3 is 2.95 bits per heavy atom. The van der Waals surface area contributed by atoms with Gasteiger partial charge in [-0.2, -0.15) is 0 Å². The van der Waals surface area contributed by atoms with Gasteiger partial charge in [0.2, 0.25) is 5.91 Å². The summed E-state index contributed by atoms with van der Waals surface area (Å²) in [7, 11) is 1.53. The average Bonchev–Trinajstić information content (AvgIpc) is 2.86. The van der Waals surface area contributed by atoms with Crippen LogP contribution >= 0.6 is 11.6 Å². The molecule has 2 aromatic rings. The maximum atomic E-state index is 11.9. The van der Waals surface area contributed by atoms with E-state index in [1.54, 1.807) is 18.3 Å². The van der Waals surface area contributed by atoms with Gasteiger partial charge in [-0.3, -0.25) is 4.79 Å². The van der Waals surface area contributed by atoms with E-state index < -0.39 is 0 Å². The molecule has 0 unspecified atom stereocenters. The Bertz CT molecular complexity index is 582. The Balaban J connectivity index is 2.14. The Morgan fingerprint density at radius 1 is 1.53 bits per heavy atom. The first-order valence-corrected chi connectivity index (χ1v) is 6.09. The number of hydrogen-bond acceptors (Lipinski definition) is 3. The topological polar surface area (TPSA) is 67.0 Å². The van der Waals surface area contributed by atoms with E-state index >= 15 is 0 Å². The first-order valence-electron chi connectivity index (χ1n) is 5.71. The molecule has 1 aromatic carbocycles. The fraction of sp³-hybridized carbons (Fsp3) is 0.231. The van der Waals surface area contributed by atoms with Crippen LogP contribution in [-0.2, 0) is 11.2 Å². The van der Waals surface area contributed by atoms with Crippen molar-refractivity contribution in [3.05, 3.63) is 40.9 Å². The molecule has 0 saturated heterocycles. The van der Waals surface area contributed by atoms with Crippen LogP contribution in [0.3, 0.4) is 0 Å². The highest BCUT2D eigenvalue weighted by Gasteiger charge is 2.11. The number of carbonyl (C=O) groups excluding carboxylic acids is 1. The monoisotopic (exact) mass is 279 g/mol. The van der Waals surface area contributed by atoms with Crippen molar-refractivity contribution >= 4 is 23.2 Å². The minimum absolute atomic E-state index is 0.149. The fourth-order valence-corrected chi connectivity index (χ4v) is 1.83. The van der Waals surface area contributed by atoms with Crippen LogP contribution in [0.4, 0.5) is 5.69 Å². The molecule has 2 rings (SSSR count). The molecular formula is C13H14ClN3O2. The van der Waals surface area contributed by atoms with E-state index in [0.29, 0.717) is 16.5 Å². The van der Waals surface area contributed by atoms with Gasteiger partial charge in [0.05, 0.1) is 25.5 Å². The number of nitrogens with zero attached hydrogens (tertiary/aromatic N) is 1. The number of amides is 1. The number of rotatable bonds is 4. The number of aromatic amines is 1. The largest absolute Gasteiger partial charge is 0.495 e. The van der Waals surface area contributed by atoms with Crippen molar-refractivity contribution in [1.29, 1.82) is 0 Å². The SMILES string of the molecule is COc1cc(Cl)c(C)cc1NC(=O)Cc1cnc[nH]1. The second-order valence-electron chi connectivity index (χ2n) is 4.10. The number of halogens is 1. The lowest BCUT2D eigenvalue weighted by atomic mass is 10.2. The first-order chi connectivity index (χ1) is 9.10. The summed E-state index contributed by atoms with van der Waals surface area (Å²) in [6.45, 7) is 1.87. The zero-order valence-corrected chi connectivity index (χ0v) is 11.4. The van der Waals surface area contributed by atoms with Crippen molar-refractivity contribution in [2.45, 2.75) is 13.3 Å². The second-order valence-corrected chi connectivity index (χ2v) is 4.51. The molecule has 0 atom stereocenters. The van der Waals surface area contributed by atoms with E-state index in [-0.39, 0.29) is 12.3 Å². The minimum Gasteiger partial charge on any atom is -0.495 e. The normalized spacial score (nSPS) is 10.3. The van der Waals surface area contributed by atoms with Crippen molar-refractivity contribution < 1.29 is 9.53 Å². The maximum Gasteiger partial charge on any atom is 0.230 e. The van der Waals surface area contributed by atoms with Crippen LogP contribution in [0.5, 0.6) is 5.75 Å². The summed E-state index contributed by atoms with van der Waals surface area (Å²) in [5, 5.41) is 3.40. The molecule has 0 bridgehead atoms. The quantitative estimate of drug-likeness (QED) is 0.904. The van der Waals surface area contributed by atoms with Crippen molar-refractivity contribution in [1.82, 2.24) is 9.97 Å². The number of carbonyl (C=O) groups is 1. The zero-order valence-electron chi connectivity index (χ0n) is 10.7. The molecular weight excluding hydrogens is 266 g/mol. The summed E-state index contributed by atoms with van der Waals surface area (Å²) >= 11 is 6.01.